The van der Waals surface area contributed by atoms with Crippen molar-refractivity contribution in [3.05, 3.63) is 45.7 Å². The number of hydrogen-bond donors (Lipinski definition) is 3. The molecule has 2 heterocycles. The van der Waals surface area contributed by atoms with Crippen molar-refractivity contribution >= 4 is 17.1 Å². The second-order valence-corrected chi connectivity index (χ2v) is 6.79. The van der Waals surface area contributed by atoms with Crippen molar-refractivity contribution in [1.29, 1.82) is 0 Å². The predicted octanol–water partition coefficient (Wildman–Crippen LogP) is 0.182. The lowest BCUT2D eigenvalue weighted by Gasteiger charge is -2.32. The van der Waals surface area contributed by atoms with Crippen molar-refractivity contribution in [2.45, 2.75) is 17.9 Å². The van der Waals surface area contributed by atoms with Gasteiger partial charge in [-0.25, -0.2) is 0 Å². The first-order chi connectivity index (χ1) is 11.4. The highest BCUT2D eigenvalue weighted by Gasteiger charge is 2.86. The van der Waals surface area contributed by atoms with Crippen LogP contribution in [0.25, 0.3) is 5.57 Å². The number of aromatic hydroxyl groups is 1. The van der Waals surface area contributed by atoms with Gasteiger partial charge in [0.1, 0.15) is 5.76 Å². The van der Waals surface area contributed by atoms with Gasteiger partial charge in [-0.3, -0.25) is 14.4 Å². The van der Waals surface area contributed by atoms with Gasteiger partial charge < -0.3 is 19.9 Å². The highest BCUT2D eigenvalue weighted by atomic mass is 16.4. The predicted molar refractivity (Wildman–Crippen MR) is 80.4 cm³/mol. The van der Waals surface area contributed by atoms with Crippen molar-refractivity contribution < 1.29 is 24.2 Å². The summed E-state index contributed by atoms with van der Waals surface area (Å²) in [5.41, 5.74) is -1.04. The normalized spacial score (nSPS) is 35.9. The molecule has 7 nitrogen and oxygen atoms in total. The zero-order valence-corrected chi connectivity index (χ0v) is 12.4. The SMILES string of the molecule is O=C1C=C(c2oc(C34CCNC5C3C54)cc(=O)c2O)C(=O)C=C1O. The molecule has 1 aliphatic heterocycles. The molecule has 2 saturated carbocycles. The molecule has 5 rings (SSSR count). The molecule has 2 atom stereocenters. The summed E-state index contributed by atoms with van der Waals surface area (Å²) >= 11 is 0. The van der Waals surface area contributed by atoms with Crippen molar-refractivity contribution in [2.24, 2.45) is 11.8 Å². The minimum atomic E-state index is -0.772. The Morgan fingerprint density at radius 3 is 2.58 bits per heavy atom. The maximum Gasteiger partial charge on any atom is 0.227 e. The van der Waals surface area contributed by atoms with Crippen LogP contribution in [-0.2, 0) is 15.0 Å². The summed E-state index contributed by atoms with van der Waals surface area (Å²) in [6, 6.07) is 1.76. The van der Waals surface area contributed by atoms with Crippen LogP contribution in [0, 0.1) is 11.8 Å². The number of ketones is 2. The van der Waals surface area contributed by atoms with E-state index in [4.69, 9.17) is 4.42 Å². The molecule has 24 heavy (non-hydrogen) atoms. The second-order valence-electron chi connectivity index (χ2n) is 6.79. The molecule has 7 heteroatoms. The Morgan fingerprint density at radius 2 is 1.88 bits per heavy atom. The van der Waals surface area contributed by atoms with Crippen LogP contribution in [0.2, 0.25) is 0 Å². The van der Waals surface area contributed by atoms with Crippen LogP contribution in [0.15, 0.2) is 33.2 Å². The molecular formula is C17H13NO6. The molecule has 1 aromatic rings. The molecule has 2 unspecified atom stereocenters. The maximum atomic E-state index is 12.2. The van der Waals surface area contributed by atoms with Crippen molar-refractivity contribution in [3.8, 4) is 5.75 Å². The average Bonchev–Trinajstić information content (AvgIpc) is 3.45. The van der Waals surface area contributed by atoms with Crippen molar-refractivity contribution in [3.63, 3.8) is 0 Å². The summed E-state index contributed by atoms with van der Waals surface area (Å²) in [7, 11) is 0. The quantitative estimate of drug-likeness (QED) is 0.663. The van der Waals surface area contributed by atoms with Gasteiger partial charge in [0.2, 0.25) is 17.0 Å². The number of carbonyl (C=O) groups is 2. The number of fused-ring (bicyclic) bond motifs is 2. The molecule has 3 fully saturated rings. The van der Waals surface area contributed by atoms with E-state index >= 15 is 0 Å². The fourth-order valence-corrected chi connectivity index (χ4v) is 4.44. The molecule has 122 valence electrons. The molecule has 3 N–H and O–H groups in total. The second kappa shape index (κ2) is 4.05. The van der Waals surface area contributed by atoms with Gasteiger partial charge in [-0.2, -0.15) is 0 Å². The van der Waals surface area contributed by atoms with Gasteiger partial charge >= 0.3 is 0 Å². The number of aliphatic hydroxyl groups excluding tert-OH is 1. The Labute approximate surface area is 135 Å². The third-order valence-electron chi connectivity index (χ3n) is 5.71. The molecule has 0 spiro atoms. The standard InChI is InChI=1S/C17H13NO6/c19-7-4-9(21)8(20)3-6(7)16-15(23)10(22)5-11(24-16)17-1-2-18-14-12(17)13(14)17/h3-5,12-14,18,21,23H,1-2H2. The summed E-state index contributed by atoms with van der Waals surface area (Å²) < 4.78 is 5.75. The van der Waals surface area contributed by atoms with Crippen LogP contribution in [0.3, 0.4) is 0 Å². The zero-order valence-electron chi connectivity index (χ0n) is 12.4. The van der Waals surface area contributed by atoms with Gasteiger partial charge in [0, 0.05) is 29.7 Å². The van der Waals surface area contributed by atoms with Gasteiger partial charge in [0.15, 0.2) is 17.3 Å². The van der Waals surface area contributed by atoms with E-state index in [-0.39, 0.29) is 16.7 Å². The Kier molecular flexibility index (Phi) is 2.32. The lowest BCUT2D eigenvalue weighted by molar-refractivity contribution is -0.116. The number of rotatable bonds is 2. The topological polar surface area (TPSA) is 117 Å². The maximum absolute atomic E-state index is 12.2. The van der Waals surface area contributed by atoms with E-state index in [9.17, 15) is 24.6 Å². The van der Waals surface area contributed by atoms with Crippen LogP contribution in [0.1, 0.15) is 17.9 Å². The van der Waals surface area contributed by atoms with E-state index in [0.29, 0.717) is 23.6 Å². The number of carbonyl (C=O) groups excluding carboxylic acids is 2. The number of aliphatic hydroxyl groups is 1. The van der Waals surface area contributed by atoms with E-state index in [1.807, 2.05) is 0 Å². The smallest absolute Gasteiger partial charge is 0.227 e. The summed E-state index contributed by atoms with van der Waals surface area (Å²) in [6.07, 6.45) is 2.48. The highest BCUT2D eigenvalue weighted by Crippen LogP contribution is 2.80. The fraction of sp³-hybridized carbons (Fsp3) is 0.353. The molecule has 1 aromatic heterocycles. The van der Waals surface area contributed by atoms with E-state index in [2.05, 4.69) is 5.32 Å². The van der Waals surface area contributed by atoms with Crippen LogP contribution in [0.5, 0.6) is 5.75 Å². The van der Waals surface area contributed by atoms with Crippen molar-refractivity contribution in [1.82, 2.24) is 5.32 Å². The first kappa shape index (κ1) is 13.7. The molecule has 0 bridgehead atoms. The fourth-order valence-electron chi connectivity index (χ4n) is 4.44. The van der Waals surface area contributed by atoms with Crippen molar-refractivity contribution in [2.75, 3.05) is 6.54 Å². The monoisotopic (exact) mass is 327 g/mol. The van der Waals surface area contributed by atoms with E-state index in [1.54, 1.807) is 0 Å². The zero-order chi connectivity index (χ0) is 16.8. The summed E-state index contributed by atoms with van der Waals surface area (Å²) in [4.78, 5) is 35.8. The molecule has 1 saturated heterocycles. The third kappa shape index (κ3) is 1.48. The lowest BCUT2D eigenvalue weighted by Crippen LogP contribution is -2.43. The summed E-state index contributed by atoms with van der Waals surface area (Å²) in [5, 5.41) is 22.8. The first-order valence-corrected chi connectivity index (χ1v) is 7.77. The minimum Gasteiger partial charge on any atom is -0.504 e. The average molecular weight is 327 g/mol. The summed E-state index contributed by atoms with van der Waals surface area (Å²) in [5.74, 6) is -1.79. The number of piperidine rings is 2. The number of hydrogen-bond acceptors (Lipinski definition) is 7. The Bertz CT molecular complexity index is 942. The Hall–Kier alpha value is -2.67. The molecule has 0 amide bonds. The van der Waals surface area contributed by atoms with Gasteiger partial charge in [-0.05, 0) is 24.8 Å². The van der Waals surface area contributed by atoms with E-state index in [0.717, 1.165) is 25.1 Å². The van der Waals surface area contributed by atoms with Crippen LogP contribution in [0.4, 0.5) is 0 Å². The van der Waals surface area contributed by atoms with Crippen LogP contribution in [-0.4, -0.2) is 34.4 Å². The Morgan fingerprint density at radius 1 is 1.12 bits per heavy atom. The lowest BCUT2D eigenvalue weighted by atomic mass is 9.82. The molecule has 4 aliphatic rings. The van der Waals surface area contributed by atoms with Gasteiger partial charge in [-0.1, -0.05) is 0 Å². The van der Waals surface area contributed by atoms with E-state index in [1.165, 1.54) is 6.07 Å². The Balaban J connectivity index is 1.63. The minimum absolute atomic E-state index is 0.183. The number of nitrogens with one attached hydrogen (secondary N) is 1. The first-order valence-electron chi connectivity index (χ1n) is 7.77. The molecular weight excluding hydrogens is 314 g/mol. The summed E-state index contributed by atoms with van der Waals surface area (Å²) in [6.45, 7) is 0.828. The largest absolute Gasteiger partial charge is 0.504 e. The molecule has 3 aliphatic carbocycles. The van der Waals surface area contributed by atoms with E-state index < -0.39 is 28.5 Å². The third-order valence-corrected chi connectivity index (χ3v) is 5.71. The molecule has 0 aromatic carbocycles. The van der Waals surface area contributed by atoms with Gasteiger partial charge in [0.25, 0.3) is 0 Å². The van der Waals surface area contributed by atoms with Gasteiger partial charge in [-0.15, -0.1) is 0 Å². The highest BCUT2D eigenvalue weighted by molar-refractivity contribution is 6.34. The number of allylic oxidation sites excluding steroid dienone is 3. The molecule has 0 radical (unpaired) electrons. The van der Waals surface area contributed by atoms with Gasteiger partial charge in [0.05, 0.1) is 5.57 Å². The van der Waals surface area contributed by atoms with Crippen LogP contribution >= 0.6 is 0 Å². The van der Waals surface area contributed by atoms with Crippen LogP contribution < -0.4 is 10.7 Å².